The molecule has 1 aliphatic heterocycles. The number of amides is 1. The topological polar surface area (TPSA) is 71.5 Å². The van der Waals surface area contributed by atoms with Gasteiger partial charge in [-0.25, -0.2) is 0 Å². The van der Waals surface area contributed by atoms with Crippen LogP contribution in [-0.4, -0.2) is 35.6 Å². The Kier molecular flexibility index (Phi) is 5.91. The molecule has 1 saturated heterocycles. The molecule has 2 aromatic heterocycles. The Morgan fingerprint density at radius 1 is 1.36 bits per heavy atom. The molecule has 1 N–H and O–H groups in total. The van der Waals surface area contributed by atoms with Gasteiger partial charge in [-0.15, -0.1) is 0 Å². The minimum absolute atomic E-state index is 0.131. The van der Waals surface area contributed by atoms with Crippen LogP contribution in [-0.2, 0) is 17.8 Å². The number of aromatic nitrogens is 1. The van der Waals surface area contributed by atoms with Crippen LogP contribution in [0.1, 0.15) is 42.0 Å². The molecule has 0 aromatic carbocycles. The summed E-state index contributed by atoms with van der Waals surface area (Å²) in [4.78, 5) is 14.7. The zero-order valence-electron chi connectivity index (χ0n) is 15.1. The fraction of sp³-hybridized carbons (Fsp3) is 0.579. The van der Waals surface area contributed by atoms with Crippen LogP contribution in [0.5, 0.6) is 0 Å². The maximum absolute atomic E-state index is 12.3. The molecule has 136 valence electrons. The Morgan fingerprint density at radius 2 is 2.16 bits per heavy atom. The van der Waals surface area contributed by atoms with E-state index in [9.17, 15) is 4.79 Å². The number of piperidine rings is 1. The van der Waals surface area contributed by atoms with Crippen molar-refractivity contribution < 1.29 is 13.7 Å². The molecule has 0 bridgehead atoms. The van der Waals surface area contributed by atoms with Crippen molar-refractivity contribution in [2.75, 3.05) is 19.6 Å². The van der Waals surface area contributed by atoms with Crippen LogP contribution in [0.2, 0.25) is 0 Å². The van der Waals surface area contributed by atoms with Gasteiger partial charge in [0.2, 0.25) is 5.91 Å². The normalized spacial score (nSPS) is 16.2. The minimum Gasteiger partial charge on any atom is -0.468 e. The number of hydrogen-bond donors (Lipinski definition) is 1. The van der Waals surface area contributed by atoms with Gasteiger partial charge in [0.25, 0.3) is 0 Å². The third-order valence-electron chi connectivity index (χ3n) is 5.00. The Bertz CT molecular complexity index is 651. The van der Waals surface area contributed by atoms with Crippen molar-refractivity contribution in [3.05, 3.63) is 41.2 Å². The van der Waals surface area contributed by atoms with E-state index in [2.05, 4.69) is 15.4 Å². The molecule has 0 atom stereocenters. The Morgan fingerprint density at radius 3 is 2.80 bits per heavy atom. The predicted octanol–water partition coefficient (Wildman–Crippen LogP) is 2.85. The lowest BCUT2D eigenvalue weighted by atomic mass is 9.95. The molecule has 6 heteroatoms. The van der Waals surface area contributed by atoms with Crippen LogP contribution in [0, 0.1) is 19.8 Å². The number of nitrogens with one attached hydrogen (secondary N) is 1. The lowest BCUT2D eigenvalue weighted by Gasteiger charge is -2.30. The molecular weight excluding hydrogens is 318 g/mol. The lowest BCUT2D eigenvalue weighted by molar-refractivity contribution is -0.126. The predicted molar refractivity (Wildman–Crippen MR) is 94.0 cm³/mol. The third kappa shape index (κ3) is 4.72. The first kappa shape index (κ1) is 17.7. The molecule has 0 aliphatic carbocycles. The number of nitrogens with zero attached hydrogens (tertiary/aromatic N) is 2. The molecular formula is C19H27N3O3. The summed E-state index contributed by atoms with van der Waals surface area (Å²) >= 11 is 0. The molecule has 0 radical (unpaired) electrons. The van der Waals surface area contributed by atoms with Gasteiger partial charge in [-0.2, -0.15) is 0 Å². The van der Waals surface area contributed by atoms with Gasteiger partial charge in [0.15, 0.2) is 0 Å². The van der Waals surface area contributed by atoms with Crippen LogP contribution in [0.4, 0.5) is 0 Å². The average molecular weight is 345 g/mol. The van der Waals surface area contributed by atoms with Crippen LogP contribution < -0.4 is 5.32 Å². The number of hydrogen-bond acceptors (Lipinski definition) is 5. The van der Waals surface area contributed by atoms with Crippen LogP contribution in [0.25, 0.3) is 0 Å². The van der Waals surface area contributed by atoms with Gasteiger partial charge in [-0.05, 0) is 64.8 Å². The zero-order chi connectivity index (χ0) is 17.6. The number of carbonyl (C=O) groups excluding carboxylic acids is 1. The molecule has 25 heavy (non-hydrogen) atoms. The van der Waals surface area contributed by atoms with E-state index in [1.165, 1.54) is 5.56 Å². The molecule has 0 unspecified atom stereocenters. The highest BCUT2D eigenvalue weighted by Crippen LogP contribution is 2.19. The van der Waals surface area contributed by atoms with E-state index in [1.807, 2.05) is 26.0 Å². The summed E-state index contributed by atoms with van der Waals surface area (Å²) in [5, 5.41) is 7.05. The first-order valence-corrected chi connectivity index (χ1v) is 9.07. The van der Waals surface area contributed by atoms with E-state index in [1.54, 1.807) is 6.26 Å². The Labute approximate surface area is 148 Å². The van der Waals surface area contributed by atoms with Gasteiger partial charge < -0.3 is 14.3 Å². The van der Waals surface area contributed by atoms with Gasteiger partial charge in [0, 0.05) is 18.0 Å². The number of rotatable bonds is 7. The van der Waals surface area contributed by atoms with E-state index in [0.29, 0.717) is 6.54 Å². The lowest BCUT2D eigenvalue weighted by Crippen LogP contribution is -2.40. The molecule has 6 nitrogen and oxygen atoms in total. The zero-order valence-corrected chi connectivity index (χ0v) is 15.1. The summed E-state index contributed by atoms with van der Waals surface area (Å²) in [6, 6.07) is 3.91. The van der Waals surface area contributed by atoms with Crippen molar-refractivity contribution in [3.63, 3.8) is 0 Å². The summed E-state index contributed by atoms with van der Waals surface area (Å²) in [7, 11) is 0. The largest absolute Gasteiger partial charge is 0.468 e. The molecule has 0 saturated carbocycles. The van der Waals surface area contributed by atoms with Crippen molar-refractivity contribution in [2.24, 2.45) is 5.92 Å². The van der Waals surface area contributed by atoms with Crippen LogP contribution >= 0.6 is 0 Å². The van der Waals surface area contributed by atoms with Gasteiger partial charge in [0.05, 0.1) is 18.5 Å². The number of carbonyl (C=O) groups is 1. The second-order valence-corrected chi connectivity index (χ2v) is 6.83. The fourth-order valence-corrected chi connectivity index (χ4v) is 3.46. The Hall–Kier alpha value is -2.08. The quantitative estimate of drug-likeness (QED) is 0.781. The van der Waals surface area contributed by atoms with Crippen molar-refractivity contribution >= 4 is 5.91 Å². The number of aryl methyl sites for hydroxylation is 2. The number of likely N-dealkylation sites (tertiary alicyclic amines) is 1. The highest BCUT2D eigenvalue weighted by molar-refractivity contribution is 5.78. The van der Waals surface area contributed by atoms with E-state index in [4.69, 9.17) is 8.94 Å². The number of furan rings is 1. The highest BCUT2D eigenvalue weighted by Gasteiger charge is 2.25. The van der Waals surface area contributed by atoms with Crippen LogP contribution in [0.15, 0.2) is 27.3 Å². The van der Waals surface area contributed by atoms with Gasteiger partial charge in [-0.3, -0.25) is 9.69 Å². The SMILES string of the molecule is Cc1noc(C)c1CCCNC(=O)C1CCN(Cc2ccco2)CC1. The maximum atomic E-state index is 12.3. The van der Waals surface area contributed by atoms with Crippen molar-refractivity contribution in [1.29, 1.82) is 0 Å². The first-order chi connectivity index (χ1) is 12.1. The summed E-state index contributed by atoms with van der Waals surface area (Å²) < 4.78 is 10.6. The van der Waals surface area contributed by atoms with Crippen molar-refractivity contribution in [2.45, 2.75) is 46.1 Å². The minimum atomic E-state index is 0.131. The molecule has 1 fully saturated rings. The average Bonchev–Trinajstić information content (AvgIpc) is 3.23. The summed E-state index contributed by atoms with van der Waals surface area (Å²) in [6.07, 6.45) is 5.33. The standard InChI is InChI=1S/C19H27N3O3/c1-14-18(15(2)25-21-14)6-3-9-20-19(23)16-7-10-22(11-8-16)13-17-5-4-12-24-17/h4-5,12,16H,3,6-11,13H2,1-2H3,(H,20,23). The van der Waals surface area contributed by atoms with Gasteiger partial charge in [-0.1, -0.05) is 5.16 Å². The molecule has 0 spiro atoms. The Balaban J connectivity index is 1.34. The van der Waals surface area contributed by atoms with Gasteiger partial charge >= 0.3 is 0 Å². The molecule has 2 aromatic rings. The molecule has 1 aliphatic rings. The monoisotopic (exact) mass is 345 g/mol. The van der Waals surface area contributed by atoms with Crippen molar-refractivity contribution in [3.8, 4) is 0 Å². The second-order valence-electron chi connectivity index (χ2n) is 6.83. The van der Waals surface area contributed by atoms with E-state index >= 15 is 0 Å². The van der Waals surface area contributed by atoms with E-state index < -0.39 is 0 Å². The van der Waals surface area contributed by atoms with Gasteiger partial charge in [0.1, 0.15) is 11.5 Å². The highest BCUT2D eigenvalue weighted by atomic mass is 16.5. The summed E-state index contributed by atoms with van der Waals surface area (Å²) in [6.45, 7) is 7.31. The molecule has 3 heterocycles. The maximum Gasteiger partial charge on any atom is 0.223 e. The first-order valence-electron chi connectivity index (χ1n) is 9.07. The summed E-state index contributed by atoms with van der Waals surface area (Å²) in [5.41, 5.74) is 2.12. The molecule has 3 rings (SSSR count). The van der Waals surface area contributed by atoms with Crippen molar-refractivity contribution in [1.82, 2.24) is 15.4 Å². The van der Waals surface area contributed by atoms with Crippen LogP contribution in [0.3, 0.4) is 0 Å². The van der Waals surface area contributed by atoms with E-state index in [0.717, 1.165) is 62.5 Å². The third-order valence-corrected chi connectivity index (χ3v) is 5.00. The van der Waals surface area contributed by atoms with E-state index in [-0.39, 0.29) is 11.8 Å². The second kappa shape index (κ2) is 8.34. The fourth-order valence-electron chi connectivity index (χ4n) is 3.46. The molecule has 1 amide bonds. The summed E-state index contributed by atoms with van der Waals surface area (Å²) in [5.74, 6) is 2.19. The smallest absolute Gasteiger partial charge is 0.223 e.